The minimum absolute atomic E-state index is 0.0301. The van der Waals surface area contributed by atoms with Crippen molar-refractivity contribution >= 4 is 11.8 Å². The molecule has 0 aromatic rings. The molecule has 2 aliphatic rings. The van der Waals surface area contributed by atoms with E-state index >= 15 is 0 Å². The van der Waals surface area contributed by atoms with Gasteiger partial charge in [-0.1, -0.05) is 26.0 Å². The van der Waals surface area contributed by atoms with Crippen LogP contribution in [0.15, 0.2) is 12.2 Å². The smallest absolute Gasteiger partial charge is 0.233 e. The Labute approximate surface area is 101 Å². The number of hydrogen-bond acceptors (Lipinski definition) is 3. The number of nitrogens with zero attached hydrogens (tertiary/aromatic N) is 1. The second kappa shape index (κ2) is 4.26. The van der Waals surface area contributed by atoms with E-state index in [2.05, 4.69) is 0 Å². The molecule has 4 heteroatoms. The summed E-state index contributed by atoms with van der Waals surface area (Å²) < 4.78 is 0. The number of carbonyl (C=O) groups is 2. The summed E-state index contributed by atoms with van der Waals surface area (Å²) in [5, 5.41) is 9.22. The van der Waals surface area contributed by atoms with Gasteiger partial charge in [0.25, 0.3) is 0 Å². The second-order valence-electron chi connectivity index (χ2n) is 5.74. The molecule has 1 heterocycles. The Hall–Kier alpha value is -1.16. The highest BCUT2D eigenvalue weighted by Crippen LogP contribution is 2.36. The van der Waals surface area contributed by atoms with Crippen LogP contribution >= 0.6 is 0 Å². The zero-order chi connectivity index (χ0) is 12.6. The van der Waals surface area contributed by atoms with Crippen LogP contribution in [-0.4, -0.2) is 35.0 Å². The van der Waals surface area contributed by atoms with Gasteiger partial charge in [0, 0.05) is 18.6 Å². The van der Waals surface area contributed by atoms with Gasteiger partial charge in [-0.3, -0.25) is 14.5 Å². The van der Waals surface area contributed by atoms with Crippen molar-refractivity contribution in [3.05, 3.63) is 12.2 Å². The van der Waals surface area contributed by atoms with E-state index in [1.54, 1.807) is 0 Å². The fourth-order valence-electron chi connectivity index (χ4n) is 2.50. The summed E-state index contributed by atoms with van der Waals surface area (Å²) in [6.45, 7) is 3.99. The van der Waals surface area contributed by atoms with E-state index in [-0.39, 0.29) is 30.3 Å². The van der Waals surface area contributed by atoms with Gasteiger partial charge in [-0.15, -0.1) is 0 Å². The van der Waals surface area contributed by atoms with E-state index in [1.807, 2.05) is 26.0 Å². The van der Waals surface area contributed by atoms with Crippen molar-refractivity contribution in [2.24, 2.45) is 17.3 Å². The number of carbonyl (C=O) groups excluding carboxylic acids is 2. The van der Waals surface area contributed by atoms with E-state index in [0.29, 0.717) is 19.4 Å². The van der Waals surface area contributed by atoms with Crippen molar-refractivity contribution in [1.82, 2.24) is 4.90 Å². The monoisotopic (exact) mass is 237 g/mol. The molecule has 0 bridgehead atoms. The summed E-state index contributed by atoms with van der Waals surface area (Å²) >= 11 is 0. The summed E-state index contributed by atoms with van der Waals surface area (Å²) in [6.07, 6.45) is 5.30. The van der Waals surface area contributed by atoms with Crippen LogP contribution in [0.4, 0.5) is 0 Å². The van der Waals surface area contributed by atoms with Crippen LogP contribution in [0.2, 0.25) is 0 Å². The first-order valence-corrected chi connectivity index (χ1v) is 6.07. The zero-order valence-corrected chi connectivity index (χ0v) is 10.3. The number of allylic oxidation sites excluding steroid dienone is 2. The third-order valence-corrected chi connectivity index (χ3v) is 3.61. The Bertz CT molecular complexity index is 347. The maximum Gasteiger partial charge on any atom is 0.233 e. The van der Waals surface area contributed by atoms with Crippen LogP contribution in [0, 0.1) is 17.3 Å². The third-order valence-electron chi connectivity index (χ3n) is 3.61. The fraction of sp³-hybridized carbons (Fsp3) is 0.692. The third kappa shape index (κ3) is 2.14. The maximum absolute atomic E-state index is 12.1. The predicted octanol–water partition coefficient (Wildman–Crippen LogP) is 0.956. The first kappa shape index (κ1) is 12.3. The van der Waals surface area contributed by atoms with Crippen molar-refractivity contribution in [2.45, 2.75) is 26.7 Å². The Morgan fingerprint density at radius 1 is 1.24 bits per heavy atom. The standard InChI is InChI=1S/C13H19NO3/c1-13(2,8-15)7-14-11(16)9-5-3-4-6-10(9)12(14)17/h3-4,9-10,15H,5-8H2,1-2H3. The molecule has 2 atom stereocenters. The zero-order valence-electron chi connectivity index (χ0n) is 10.3. The molecular formula is C13H19NO3. The molecular weight excluding hydrogens is 218 g/mol. The van der Waals surface area contributed by atoms with Crippen LogP contribution in [0.3, 0.4) is 0 Å². The average Bonchev–Trinajstić information content (AvgIpc) is 2.55. The van der Waals surface area contributed by atoms with Gasteiger partial charge in [0.1, 0.15) is 0 Å². The molecule has 0 aromatic carbocycles. The normalized spacial score (nSPS) is 28.8. The van der Waals surface area contributed by atoms with Crippen LogP contribution < -0.4 is 0 Å². The van der Waals surface area contributed by atoms with Crippen molar-refractivity contribution < 1.29 is 14.7 Å². The van der Waals surface area contributed by atoms with Gasteiger partial charge in [-0.05, 0) is 12.8 Å². The van der Waals surface area contributed by atoms with Crippen molar-refractivity contribution in [2.75, 3.05) is 13.2 Å². The highest BCUT2D eigenvalue weighted by Gasteiger charge is 2.48. The highest BCUT2D eigenvalue weighted by atomic mass is 16.3. The van der Waals surface area contributed by atoms with Crippen molar-refractivity contribution in [3.8, 4) is 0 Å². The second-order valence-corrected chi connectivity index (χ2v) is 5.74. The van der Waals surface area contributed by atoms with E-state index in [1.165, 1.54) is 4.90 Å². The number of amides is 2. The lowest BCUT2D eigenvalue weighted by molar-refractivity contribution is -0.141. The number of aliphatic hydroxyl groups excluding tert-OH is 1. The lowest BCUT2D eigenvalue weighted by atomic mass is 9.85. The van der Waals surface area contributed by atoms with Gasteiger partial charge >= 0.3 is 0 Å². The molecule has 4 nitrogen and oxygen atoms in total. The number of rotatable bonds is 3. The molecule has 2 amide bonds. The molecule has 1 N–H and O–H groups in total. The summed E-state index contributed by atoms with van der Waals surface area (Å²) in [5.41, 5.74) is -0.424. The van der Waals surface area contributed by atoms with E-state index < -0.39 is 5.41 Å². The van der Waals surface area contributed by atoms with Crippen molar-refractivity contribution in [3.63, 3.8) is 0 Å². The number of aliphatic hydroxyl groups is 1. The molecule has 1 aliphatic carbocycles. The molecule has 17 heavy (non-hydrogen) atoms. The molecule has 2 unspecified atom stereocenters. The Balaban J connectivity index is 2.16. The topological polar surface area (TPSA) is 57.6 Å². The Kier molecular flexibility index (Phi) is 3.08. The van der Waals surface area contributed by atoms with Gasteiger partial charge in [0.2, 0.25) is 11.8 Å². The van der Waals surface area contributed by atoms with Gasteiger partial charge in [0.05, 0.1) is 11.8 Å². The summed E-state index contributed by atoms with van der Waals surface area (Å²) in [7, 11) is 0. The van der Waals surface area contributed by atoms with E-state index in [0.717, 1.165) is 0 Å². The molecule has 2 rings (SSSR count). The number of hydrogen-bond donors (Lipinski definition) is 1. The number of imide groups is 1. The maximum atomic E-state index is 12.1. The first-order valence-electron chi connectivity index (χ1n) is 6.07. The largest absolute Gasteiger partial charge is 0.396 e. The molecule has 0 spiro atoms. The quantitative estimate of drug-likeness (QED) is 0.587. The number of likely N-dealkylation sites (tertiary alicyclic amines) is 1. The molecule has 1 saturated heterocycles. The molecule has 0 saturated carbocycles. The average molecular weight is 237 g/mol. The summed E-state index contributed by atoms with van der Waals surface area (Å²) in [6, 6.07) is 0. The van der Waals surface area contributed by atoms with Crippen molar-refractivity contribution in [1.29, 1.82) is 0 Å². The van der Waals surface area contributed by atoms with Gasteiger partial charge in [0.15, 0.2) is 0 Å². The lowest BCUT2D eigenvalue weighted by Gasteiger charge is -2.27. The lowest BCUT2D eigenvalue weighted by Crippen LogP contribution is -2.40. The summed E-state index contributed by atoms with van der Waals surface area (Å²) in [4.78, 5) is 25.6. The predicted molar refractivity (Wildman–Crippen MR) is 62.9 cm³/mol. The minimum Gasteiger partial charge on any atom is -0.396 e. The molecule has 1 fully saturated rings. The molecule has 0 radical (unpaired) electrons. The highest BCUT2D eigenvalue weighted by molar-refractivity contribution is 6.05. The Morgan fingerprint density at radius 3 is 2.12 bits per heavy atom. The van der Waals surface area contributed by atoms with Crippen LogP contribution in [-0.2, 0) is 9.59 Å². The van der Waals surface area contributed by atoms with E-state index in [4.69, 9.17) is 0 Å². The SMILES string of the molecule is CC(C)(CO)CN1C(=O)C2CC=CCC2C1=O. The summed E-state index contributed by atoms with van der Waals surface area (Å²) in [5.74, 6) is -0.458. The van der Waals surface area contributed by atoms with Gasteiger partial charge < -0.3 is 5.11 Å². The first-order chi connectivity index (χ1) is 7.96. The molecule has 1 aliphatic heterocycles. The fourth-order valence-corrected chi connectivity index (χ4v) is 2.50. The van der Waals surface area contributed by atoms with Crippen LogP contribution in [0.1, 0.15) is 26.7 Å². The molecule has 0 aromatic heterocycles. The Morgan fingerprint density at radius 2 is 1.71 bits per heavy atom. The van der Waals surface area contributed by atoms with E-state index in [9.17, 15) is 14.7 Å². The van der Waals surface area contributed by atoms with Gasteiger partial charge in [-0.25, -0.2) is 0 Å². The van der Waals surface area contributed by atoms with Gasteiger partial charge in [-0.2, -0.15) is 0 Å². The number of fused-ring (bicyclic) bond motifs is 1. The minimum atomic E-state index is -0.424. The van der Waals surface area contributed by atoms with Crippen LogP contribution in [0.5, 0.6) is 0 Å². The van der Waals surface area contributed by atoms with Crippen LogP contribution in [0.25, 0.3) is 0 Å². The molecule has 94 valence electrons.